The molecule has 2 rings (SSSR count). The van der Waals surface area contributed by atoms with E-state index in [9.17, 15) is 34.2 Å². The Morgan fingerprint density at radius 3 is 2.03 bits per heavy atom. The number of amides is 3. The van der Waals surface area contributed by atoms with E-state index in [1.165, 1.54) is 12.5 Å². The molecule has 8 N–H and O–H groups in total. The van der Waals surface area contributed by atoms with Crippen LogP contribution in [0, 0.1) is 5.92 Å². The van der Waals surface area contributed by atoms with Crippen LogP contribution in [-0.4, -0.2) is 74.0 Å². The van der Waals surface area contributed by atoms with E-state index < -0.39 is 60.2 Å². The normalized spacial score (nSPS) is 14.2. The van der Waals surface area contributed by atoms with Gasteiger partial charge in [0.2, 0.25) is 17.7 Å². The second-order valence-electron chi connectivity index (χ2n) is 8.86. The third kappa shape index (κ3) is 9.37. The number of benzene rings is 1. The average Bonchev–Trinajstić information content (AvgIpc) is 3.35. The van der Waals surface area contributed by atoms with Crippen LogP contribution in [0.2, 0.25) is 0 Å². The summed E-state index contributed by atoms with van der Waals surface area (Å²) in [6.45, 7) is 3.38. The van der Waals surface area contributed by atoms with Gasteiger partial charge in [-0.15, -0.1) is 0 Å². The van der Waals surface area contributed by atoms with Crippen molar-refractivity contribution in [3.63, 3.8) is 0 Å². The van der Waals surface area contributed by atoms with Gasteiger partial charge in [-0.1, -0.05) is 44.2 Å². The van der Waals surface area contributed by atoms with E-state index in [1.54, 1.807) is 44.2 Å². The van der Waals surface area contributed by atoms with Crippen molar-refractivity contribution in [2.75, 3.05) is 0 Å². The summed E-state index contributed by atoms with van der Waals surface area (Å²) >= 11 is 0. The number of hydrogen-bond acceptors (Lipinski definition) is 7. The second-order valence-corrected chi connectivity index (χ2v) is 8.86. The molecule has 0 bridgehead atoms. The first-order valence-electron chi connectivity index (χ1n) is 11.6. The lowest BCUT2D eigenvalue weighted by Gasteiger charge is -2.25. The topological polar surface area (TPSA) is 217 Å². The molecule has 3 amide bonds. The van der Waals surface area contributed by atoms with Crippen LogP contribution < -0.4 is 21.7 Å². The van der Waals surface area contributed by atoms with Gasteiger partial charge >= 0.3 is 11.9 Å². The van der Waals surface area contributed by atoms with Crippen molar-refractivity contribution >= 4 is 29.7 Å². The molecule has 2 aromatic rings. The molecule has 0 aliphatic rings. The minimum Gasteiger partial charge on any atom is -0.481 e. The maximum Gasteiger partial charge on any atom is 0.326 e. The van der Waals surface area contributed by atoms with Crippen molar-refractivity contribution in [1.29, 1.82) is 0 Å². The predicted molar refractivity (Wildman–Crippen MR) is 131 cm³/mol. The first-order valence-corrected chi connectivity index (χ1v) is 11.6. The van der Waals surface area contributed by atoms with E-state index in [1.807, 2.05) is 0 Å². The third-order valence-corrected chi connectivity index (χ3v) is 5.54. The summed E-state index contributed by atoms with van der Waals surface area (Å²) < 4.78 is 0. The van der Waals surface area contributed by atoms with Gasteiger partial charge in [-0.3, -0.25) is 19.2 Å². The molecule has 37 heavy (non-hydrogen) atoms. The molecule has 4 unspecified atom stereocenters. The van der Waals surface area contributed by atoms with Gasteiger partial charge in [-0.05, 0) is 11.5 Å². The number of carbonyl (C=O) groups excluding carboxylic acids is 3. The number of nitrogens with one attached hydrogen (secondary N) is 4. The maximum atomic E-state index is 13.1. The molecule has 0 spiro atoms. The molecular weight excluding hydrogens is 484 g/mol. The minimum atomic E-state index is -1.52. The zero-order valence-electron chi connectivity index (χ0n) is 20.5. The summed E-state index contributed by atoms with van der Waals surface area (Å²) in [5.41, 5.74) is 6.93. The minimum absolute atomic E-state index is 0.00256. The Bertz CT molecular complexity index is 1070. The molecule has 0 aliphatic heterocycles. The number of nitrogens with two attached hydrogens (primary N) is 1. The van der Waals surface area contributed by atoms with Crippen LogP contribution in [0.4, 0.5) is 0 Å². The third-order valence-electron chi connectivity index (χ3n) is 5.54. The van der Waals surface area contributed by atoms with E-state index >= 15 is 0 Å². The van der Waals surface area contributed by atoms with E-state index in [0.717, 1.165) is 0 Å². The highest BCUT2D eigenvalue weighted by molar-refractivity contribution is 5.95. The molecule has 200 valence electrons. The van der Waals surface area contributed by atoms with Crippen LogP contribution in [-0.2, 0) is 36.8 Å². The highest BCUT2D eigenvalue weighted by atomic mass is 16.4. The van der Waals surface area contributed by atoms with Crippen LogP contribution >= 0.6 is 0 Å². The maximum absolute atomic E-state index is 13.1. The van der Waals surface area contributed by atoms with Crippen LogP contribution in [0.3, 0.4) is 0 Å². The first-order chi connectivity index (χ1) is 17.5. The summed E-state index contributed by atoms with van der Waals surface area (Å²) in [5.74, 6) is -5.39. The van der Waals surface area contributed by atoms with E-state index in [4.69, 9.17) is 5.73 Å². The fourth-order valence-corrected chi connectivity index (χ4v) is 3.37. The second kappa shape index (κ2) is 13.7. The number of carboxylic acids is 2. The zero-order chi connectivity index (χ0) is 27.5. The SMILES string of the molecule is CC(C)C(N)C(=O)NC(CC(=O)O)C(=O)NC(Cc1cnc[nH]1)C(=O)NC(Cc1ccccc1)C(=O)O. The predicted octanol–water partition coefficient (Wildman–Crippen LogP) is -0.808. The highest BCUT2D eigenvalue weighted by Gasteiger charge is 2.32. The van der Waals surface area contributed by atoms with Crippen molar-refractivity contribution in [3.05, 3.63) is 54.1 Å². The molecule has 0 saturated carbocycles. The molecular formula is C24H32N6O7. The van der Waals surface area contributed by atoms with E-state index in [2.05, 4.69) is 25.9 Å². The molecule has 13 heteroatoms. The number of hydrogen-bond donors (Lipinski definition) is 7. The summed E-state index contributed by atoms with van der Waals surface area (Å²) in [4.78, 5) is 68.4. The smallest absolute Gasteiger partial charge is 0.326 e. The Kier molecular flexibility index (Phi) is 10.8. The van der Waals surface area contributed by atoms with Crippen molar-refractivity contribution in [2.45, 2.75) is 57.3 Å². The Hall–Kier alpha value is -4.26. The number of aliphatic carboxylic acids is 2. The Labute approximate surface area is 213 Å². The molecule has 1 aromatic heterocycles. The summed E-state index contributed by atoms with van der Waals surface area (Å²) in [7, 11) is 0. The van der Waals surface area contributed by atoms with Crippen LogP contribution in [0.25, 0.3) is 0 Å². The largest absolute Gasteiger partial charge is 0.481 e. The van der Waals surface area contributed by atoms with E-state index in [0.29, 0.717) is 11.3 Å². The quantitative estimate of drug-likeness (QED) is 0.167. The molecule has 0 aliphatic carbocycles. The fraction of sp³-hybridized carbons (Fsp3) is 0.417. The fourth-order valence-electron chi connectivity index (χ4n) is 3.37. The molecule has 1 heterocycles. The molecule has 0 fully saturated rings. The van der Waals surface area contributed by atoms with Gasteiger partial charge in [-0.25, -0.2) is 9.78 Å². The number of rotatable bonds is 14. The van der Waals surface area contributed by atoms with Crippen molar-refractivity contribution in [3.8, 4) is 0 Å². The lowest BCUT2D eigenvalue weighted by molar-refractivity contribution is -0.143. The zero-order valence-corrected chi connectivity index (χ0v) is 20.5. The number of nitrogens with zero attached hydrogens (tertiary/aromatic N) is 1. The number of imidazole rings is 1. The number of carboxylic acid groups (broad SMARTS) is 2. The first kappa shape index (κ1) is 29.0. The number of aromatic nitrogens is 2. The summed E-state index contributed by atoms with van der Waals surface area (Å²) in [6.07, 6.45) is 1.92. The molecule has 0 radical (unpaired) electrons. The van der Waals surface area contributed by atoms with Gasteiger partial charge in [0.25, 0.3) is 0 Å². The van der Waals surface area contributed by atoms with Crippen molar-refractivity contribution < 1.29 is 34.2 Å². The molecule has 13 nitrogen and oxygen atoms in total. The standard InChI is InChI=1S/C24H32N6O7/c1-13(2)20(25)23(35)29-17(10-19(31)32)22(34)28-16(9-15-11-26-12-27-15)21(33)30-18(24(36)37)8-14-6-4-3-5-7-14/h3-7,11-13,16-18,20H,8-10,25H2,1-2H3,(H,26,27)(H,28,34)(H,29,35)(H,30,33)(H,31,32)(H,36,37). The average molecular weight is 517 g/mol. The van der Waals surface area contributed by atoms with Crippen molar-refractivity contribution in [1.82, 2.24) is 25.9 Å². The Morgan fingerprint density at radius 2 is 1.49 bits per heavy atom. The molecule has 1 aromatic carbocycles. The van der Waals surface area contributed by atoms with Crippen LogP contribution in [0.1, 0.15) is 31.5 Å². The lowest BCUT2D eigenvalue weighted by atomic mass is 10.0. The molecule has 4 atom stereocenters. The van der Waals surface area contributed by atoms with Crippen LogP contribution in [0.5, 0.6) is 0 Å². The van der Waals surface area contributed by atoms with Gasteiger partial charge in [0.1, 0.15) is 18.1 Å². The Morgan fingerprint density at radius 1 is 0.892 bits per heavy atom. The van der Waals surface area contributed by atoms with Gasteiger partial charge < -0.3 is 36.9 Å². The van der Waals surface area contributed by atoms with Crippen molar-refractivity contribution in [2.24, 2.45) is 11.7 Å². The number of carbonyl (C=O) groups is 5. The monoisotopic (exact) mass is 516 g/mol. The van der Waals surface area contributed by atoms with Gasteiger partial charge in [0.05, 0.1) is 18.8 Å². The number of H-pyrrole nitrogens is 1. The highest BCUT2D eigenvalue weighted by Crippen LogP contribution is 2.07. The van der Waals surface area contributed by atoms with Gasteiger partial charge in [-0.2, -0.15) is 0 Å². The summed E-state index contributed by atoms with van der Waals surface area (Å²) in [6, 6.07) is 3.56. The van der Waals surface area contributed by atoms with Crippen LogP contribution in [0.15, 0.2) is 42.9 Å². The molecule has 0 saturated heterocycles. The number of aromatic amines is 1. The summed E-state index contributed by atoms with van der Waals surface area (Å²) in [5, 5.41) is 26.1. The Balaban J connectivity index is 2.22. The van der Waals surface area contributed by atoms with Gasteiger partial charge in [0, 0.05) is 24.7 Å². The lowest BCUT2D eigenvalue weighted by Crippen LogP contribution is -2.58. The van der Waals surface area contributed by atoms with Gasteiger partial charge in [0.15, 0.2) is 0 Å². The van der Waals surface area contributed by atoms with E-state index in [-0.39, 0.29) is 18.8 Å².